The Bertz CT molecular complexity index is 793. The van der Waals surface area contributed by atoms with E-state index in [0.717, 1.165) is 13.1 Å². The minimum absolute atomic E-state index is 0.0443. The molecule has 0 bridgehead atoms. The van der Waals surface area contributed by atoms with Crippen LogP contribution in [0.3, 0.4) is 0 Å². The summed E-state index contributed by atoms with van der Waals surface area (Å²) in [5, 5.41) is 13.7. The standard InChI is InChI=1S/C18H17BrF4N2O2/c19-15-14(20)6-5-13(17(15)26)16(25-9-7-24-8-10-25)11-1-3-12(4-2-11)27-18(21,22)23/h1-6,16,24,26H,7-10H2/t16-/m1/s1. The predicted octanol–water partition coefficient (Wildman–Crippen LogP) is 4.19. The van der Waals surface area contributed by atoms with Crippen LogP contribution in [-0.4, -0.2) is 42.5 Å². The number of hydrogen-bond acceptors (Lipinski definition) is 4. The molecular formula is C18H17BrF4N2O2. The van der Waals surface area contributed by atoms with E-state index in [4.69, 9.17) is 0 Å². The molecule has 1 fully saturated rings. The van der Waals surface area contributed by atoms with E-state index in [2.05, 4.69) is 30.9 Å². The lowest BCUT2D eigenvalue weighted by Gasteiger charge is -2.36. The summed E-state index contributed by atoms with van der Waals surface area (Å²) in [7, 11) is 0. The zero-order chi connectivity index (χ0) is 19.6. The highest BCUT2D eigenvalue weighted by Gasteiger charge is 2.32. The van der Waals surface area contributed by atoms with Crippen molar-refractivity contribution in [3.63, 3.8) is 0 Å². The maximum Gasteiger partial charge on any atom is 0.573 e. The van der Waals surface area contributed by atoms with Crippen LogP contribution in [0.4, 0.5) is 17.6 Å². The number of piperazine rings is 1. The van der Waals surface area contributed by atoms with Gasteiger partial charge in [-0.2, -0.15) is 0 Å². The highest BCUT2D eigenvalue weighted by atomic mass is 79.9. The van der Waals surface area contributed by atoms with Crippen molar-refractivity contribution in [1.82, 2.24) is 10.2 Å². The van der Waals surface area contributed by atoms with Crippen molar-refractivity contribution in [3.05, 3.63) is 57.8 Å². The first-order valence-corrected chi connectivity index (χ1v) is 9.03. The molecule has 1 saturated heterocycles. The number of nitrogens with zero attached hydrogens (tertiary/aromatic N) is 1. The molecule has 0 aliphatic carbocycles. The fourth-order valence-electron chi connectivity index (χ4n) is 3.15. The van der Waals surface area contributed by atoms with E-state index in [9.17, 15) is 22.7 Å². The van der Waals surface area contributed by atoms with Crippen LogP contribution in [0.25, 0.3) is 0 Å². The van der Waals surface area contributed by atoms with Gasteiger partial charge < -0.3 is 15.2 Å². The molecule has 27 heavy (non-hydrogen) atoms. The van der Waals surface area contributed by atoms with Gasteiger partial charge in [0.05, 0.1) is 10.5 Å². The molecule has 0 aromatic heterocycles. The first kappa shape index (κ1) is 19.9. The second-order valence-corrected chi connectivity index (χ2v) is 6.90. The number of halogens is 5. The smallest absolute Gasteiger partial charge is 0.506 e. The van der Waals surface area contributed by atoms with E-state index in [1.165, 1.54) is 36.4 Å². The summed E-state index contributed by atoms with van der Waals surface area (Å²) in [6, 6.07) is 7.79. The number of aromatic hydroxyl groups is 1. The van der Waals surface area contributed by atoms with Gasteiger partial charge in [0.15, 0.2) is 0 Å². The first-order chi connectivity index (χ1) is 12.8. The Labute approximate surface area is 161 Å². The van der Waals surface area contributed by atoms with Crippen LogP contribution in [0, 0.1) is 5.82 Å². The number of nitrogens with one attached hydrogen (secondary N) is 1. The molecule has 3 rings (SSSR count). The molecule has 0 unspecified atom stereocenters. The Morgan fingerprint density at radius 1 is 1.07 bits per heavy atom. The monoisotopic (exact) mass is 448 g/mol. The average molecular weight is 449 g/mol. The maximum atomic E-state index is 13.7. The predicted molar refractivity (Wildman–Crippen MR) is 95.2 cm³/mol. The molecule has 0 spiro atoms. The lowest BCUT2D eigenvalue weighted by molar-refractivity contribution is -0.274. The molecule has 1 aliphatic heterocycles. The normalized spacial score (nSPS) is 16.9. The molecule has 4 nitrogen and oxygen atoms in total. The third-order valence-electron chi connectivity index (χ3n) is 4.34. The third-order valence-corrected chi connectivity index (χ3v) is 5.10. The summed E-state index contributed by atoms with van der Waals surface area (Å²) in [5.74, 6) is -1.15. The van der Waals surface area contributed by atoms with Crippen molar-refractivity contribution in [2.24, 2.45) is 0 Å². The number of ether oxygens (including phenoxy) is 1. The van der Waals surface area contributed by atoms with E-state index in [-0.39, 0.29) is 16.0 Å². The average Bonchev–Trinajstić information content (AvgIpc) is 2.63. The molecule has 2 aromatic rings. The third kappa shape index (κ3) is 4.72. The van der Waals surface area contributed by atoms with E-state index in [0.29, 0.717) is 24.2 Å². The summed E-state index contributed by atoms with van der Waals surface area (Å²) in [6.45, 7) is 2.80. The van der Waals surface area contributed by atoms with Crippen molar-refractivity contribution >= 4 is 15.9 Å². The number of rotatable bonds is 4. The van der Waals surface area contributed by atoms with Crippen LogP contribution in [0.1, 0.15) is 17.2 Å². The Kier molecular flexibility index (Phi) is 5.92. The van der Waals surface area contributed by atoms with Gasteiger partial charge in [-0.25, -0.2) is 4.39 Å². The second-order valence-electron chi connectivity index (χ2n) is 6.10. The molecule has 9 heteroatoms. The van der Waals surface area contributed by atoms with Crippen molar-refractivity contribution in [2.75, 3.05) is 26.2 Å². The summed E-state index contributed by atoms with van der Waals surface area (Å²) in [5.41, 5.74) is 1.13. The topological polar surface area (TPSA) is 44.7 Å². The first-order valence-electron chi connectivity index (χ1n) is 8.23. The van der Waals surface area contributed by atoms with Gasteiger partial charge >= 0.3 is 6.36 Å². The van der Waals surface area contributed by atoms with Crippen molar-refractivity contribution in [3.8, 4) is 11.5 Å². The summed E-state index contributed by atoms with van der Waals surface area (Å²) >= 11 is 3.04. The second kappa shape index (κ2) is 8.04. The quantitative estimate of drug-likeness (QED) is 0.688. The molecule has 1 aliphatic rings. The van der Waals surface area contributed by atoms with E-state index >= 15 is 0 Å². The maximum absolute atomic E-state index is 13.7. The van der Waals surface area contributed by atoms with E-state index in [1.54, 1.807) is 0 Å². The van der Waals surface area contributed by atoms with Crippen LogP contribution in [0.15, 0.2) is 40.9 Å². The molecule has 146 valence electrons. The largest absolute Gasteiger partial charge is 0.573 e. The van der Waals surface area contributed by atoms with Gasteiger partial charge in [-0.1, -0.05) is 18.2 Å². The molecule has 2 aromatic carbocycles. The van der Waals surface area contributed by atoms with E-state index in [1.807, 2.05) is 0 Å². The summed E-state index contributed by atoms with van der Waals surface area (Å²) < 4.78 is 54.7. The van der Waals surface area contributed by atoms with Crippen molar-refractivity contribution in [2.45, 2.75) is 12.4 Å². The van der Waals surface area contributed by atoms with Crippen LogP contribution in [0.5, 0.6) is 11.5 Å². The highest BCUT2D eigenvalue weighted by molar-refractivity contribution is 9.10. The van der Waals surface area contributed by atoms with Gasteiger partial charge in [0.2, 0.25) is 0 Å². The Morgan fingerprint density at radius 3 is 2.30 bits per heavy atom. The van der Waals surface area contributed by atoms with Gasteiger partial charge in [0.1, 0.15) is 17.3 Å². The summed E-state index contributed by atoms with van der Waals surface area (Å²) in [6.07, 6.45) is -4.76. The number of alkyl halides is 3. The lowest BCUT2D eigenvalue weighted by atomic mass is 9.95. The van der Waals surface area contributed by atoms with Crippen molar-refractivity contribution < 1.29 is 27.4 Å². The fourth-order valence-corrected chi connectivity index (χ4v) is 3.52. The molecular weight excluding hydrogens is 432 g/mol. The summed E-state index contributed by atoms with van der Waals surface area (Å²) in [4.78, 5) is 2.08. The zero-order valence-electron chi connectivity index (χ0n) is 14.1. The number of phenols is 1. The molecule has 1 heterocycles. The fraction of sp³-hybridized carbons (Fsp3) is 0.333. The van der Waals surface area contributed by atoms with Gasteiger partial charge in [-0.05, 0) is 39.7 Å². The zero-order valence-corrected chi connectivity index (χ0v) is 15.6. The molecule has 0 amide bonds. The van der Waals surface area contributed by atoms with Gasteiger partial charge in [0.25, 0.3) is 0 Å². The van der Waals surface area contributed by atoms with Gasteiger partial charge in [-0.15, -0.1) is 13.2 Å². The molecule has 2 N–H and O–H groups in total. The van der Waals surface area contributed by atoms with Crippen LogP contribution < -0.4 is 10.1 Å². The van der Waals surface area contributed by atoms with Crippen LogP contribution in [-0.2, 0) is 0 Å². The minimum Gasteiger partial charge on any atom is -0.506 e. The minimum atomic E-state index is -4.76. The van der Waals surface area contributed by atoms with Gasteiger partial charge in [-0.3, -0.25) is 4.90 Å². The number of hydrogen-bond donors (Lipinski definition) is 2. The number of benzene rings is 2. The lowest BCUT2D eigenvalue weighted by Crippen LogP contribution is -2.45. The molecule has 0 saturated carbocycles. The Balaban J connectivity index is 1.99. The highest BCUT2D eigenvalue weighted by Crippen LogP contribution is 2.40. The number of phenolic OH excluding ortho intramolecular Hbond substituents is 1. The Morgan fingerprint density at radius 2 is 1.70 bits per heavy atom. The van der Waals surface area contributed by atoms with Crippen molar-refractivity contribution in [1.29, 1.82) is 0 Å². The SMILES string of the molecule is Oc1c([C@@H](c2ccc(OC(F)(F)F)cc2)N2CCNCC2)ccc(F)c1Br. The molecule has 0 radical (unpaired) electrons. The van der Waals surface area contributed by atoms with E-state index < -0.39 is 18.2 Å². The molecule has 1 atom stereocenters. The van der Waals surface area contributed by atoms with Crippen LogP contribution in [0.2, 0.25) is 0 Å². The van der Waals surface area contributed by atoms with Crippen LogP contribution >= 0.6 is 15.9 Å². The van der Waals surface area contributed by atoms with Gasteiger partial charge in [0, 0.05) is 31.7 Å². The Hall–Kier alpha value is -1.84.